The molecule has 5 heteroatoms. The van der Waals surface area contributed by atoms with Crippen molar-refractivity contribution in [1.29, 1.82) is 0 Å². The van der Waals surface area contributed by atoms with Crippen molar-refractivity contribution in [2.45, 2.75) is 13.0 Å². The lowest BCUT2D eigenvalue weighted by atomic mass is 10.1. The second-order valence-corrected chi connectivity index (χ2v) is 7.28. The summed E-state index contributed by atoms with van der Waals surface area (Å²) in [6.45, 7) is 5.35. The average Bonchev–Trinajstić information content (AvgIpc) is 2.78. The first-order valence-electron chi connectivity index (χ1n) is 10.0. The maximum atomic E-state index is 12.3. The van der Waals surface area contributed by atoms with Gasteiger partial charge in [-0.25, -0.2) is 0 Å². The van der Waals surface area contributed by atoms with Crippen LogP contribution < -0.4 is 15.0 Å². The van der Waals surface area contributed by atoms with Gasteiger partial charge in [0.15, 0.2) is 6.61 Å². The molecule has 1 unspecified atom stereocenters. The number of amides is 1. The van der Waals surface area contributed by atoms with Crippen LogP contribution in [0.5, 0.6) is 5.75 Å². The van der Waals surface area contributed by atoms with E-state index < -0.39 is 0 Å². The predicted molar refractivity (Wildman–Crippen MR) is 115 cm³/mol. The van der Waals surface area contributed by atoms with Crippen LogP contribution in [0.2, 0.25) is 0 Å². The summed E-state index contributed by atoms with van der Waals surface area (Å²) in [6, 6.07) is 22.2. The van der Waals surface area contributed by atoms with Gasteiger partial charge in [0.05, 0.1) is 19.3 Å². The zero-order valence-corrected chi connectivity index (χ0v) is 16.6. The van der Waals surface area contributed by atoms with Crippen molar-refractivity contribution < 1.29 is 14.3 Å². The molecule has 1 saturated heterocycles. The van der Waals surface area contributed by atoms with Crippen LogP contribution in [0, 0.1) is 0 Å². The zero-order valence-electron chi connectivity index (χ0n) is 16.6. The summed E-state index contributed by atoms with van der Waals surface area (Å²) in [5.74, 6) is 0.560. The highest BCUT2D eigenvalue weighted by atomic mass is 16.5. The number of hydrogen-bond donors (Lipinski definition) is 1. The Balaban J connectivity index is 1.30. The fraction of sp³-hybridized carbons (Fsp3) is 0.292. The van der Waals surface area contributed by atoms with Crippen molar-refractivity contribution in [3.05, 3.63) is 72.3 Å². The highest BCUT2D eigenvalue weighted by Gasteiger charge is 2.13. The van der Waals surface area contributed by atoms with E-state index in [0.29, 0.717) is 5.75 Å². The molecule has 4 rings (SSSR count). The molecule has 1 heterocycles. The van der Waals surface area contributed by atoms with Gasteiger partial charge >= 0.3 is 0 Å². The largest absolute Gasteiger partial charge is 0.484 e. The number of morpholine rings is 1. The molecule has 0 aliphatic carbocycles. The van der Waals surface area contributed by atoms with Gasteiger partial charge in [-0.1, -0.05) is 42.5 Å². The van der Waals surface area contributed by atoms with Gasteiger partial charge in [0.25, 0.3) is 5.91 Å². The lowest BCUT2D eigenvalue weighted by Gasteiger charge is -2.29. The molecule has 1 atom stereocenters. The Hall–Kier alpha value is -3.05. The van der Waals surface area contributed by atoms with E-state index in [1.165, 1.54) is 5.69 Å². The predicted octanol–water partition coefficient (Wildman–Crippen LogP) is 3.93. The van der Waals surface area contributed by atoms with E-state index in [9.17, 15) is 4.79 Å². The van der Waals surface area contributed by atoms with E-state index in [4.69, 9.17) is 9.47 Å². The monoisotopic (exact) mass is 390 g/mol. The Morgan fingerprint density at radius 2 is 1.76 bits per heavy atom. The lowest BCUT2D eigenvalue weighted by Crippen LogP contribution is -2.36. The molecular weight excluding hydrogens is 364 g/mol. The number of nitrogens with one attached hydrogen (secondary N) is 1. The van der Waals surface area contributed by atoms with Crippen LogP contribution in [-0.4, -0.2) is 38.8 Å². The molecule has 3 aromatic rings. The third kappa shape index (κ3) is 4.87. The van der Waals surface area contributed by atoms with Crippen molar-refractivity contribution in [2.75, 3.05) is 37.8 Å². The number of carbonyl (C=O) groups excluding carboxylic acids is 1. The molecule has 1 aliphatic heterocycles. The summed E-state index contributed by atoms with van der Waals surface area (Å²) >= 11 is 0. The summed E-state index contributed by atoms with van der Waals surface area (Å²) in [4.78, 5) is 14.6. The normalized spacial score (nSPS) is 15.1. The smallest absolute Gasteiger partial charge is 0.258 e. The van der Waals surface area contributed by atoms with Crippen molar-refractivity contribution in [3.8, 4) is 5.75 Å². The van der Waals surface area contributed by atoms with Crippen LogP contribution in [0.15, 0.2) is 66.7 Å². The fourth-order valence-electron chi connectivity index (χ4n) is 3.57. The van der Waals surface area contributed by atoms with Crippen molar-refractivity contribution in [1.82, 2.24) is 5.32 Å². The van der Waals surface area contributed by atoms with Crippen molar-refractivity contribution in [2.24, 2.45) is 0 Å². The van der Waals surface area contributed by atoms with Gasteiger partial charge in [-0.05, 0) is 47.5 Å². The minimum atomic E-state index is -0.136. The van der Waals surface area contributed by atoms with Gasteiger partial charge in [0.1, 0.15) is 5.75 Å². The number of rotatable bonds is 6. The molecule has 0 bridgehead atoms. The van der Waals surface area contributed by atoms with Gasteiger partial charge < -0.3 is 19.7 Å². The molecule has 3 aromatic carbocycles. The minimum Gasteiger partial charge on any atom is -0.484 e. The Morgan fingerprint density at radius 1 is 1.03 bits per heavy atom. The van der Waals surface area contributed by atoms with Crippen LogP contribution in [0.1, 0.15) is 18.5 Å². The Kier molecular flexibility index (Phi) is 5.96. The number of nitrogens with zero attached hydrogens (tertiary/aromatic N) is 1. The molecule has 0 spiro atoms. The van der Waals surface area contributed by atoms with Crippen LogP contribution in [-0.2, 0) is 9.53 Å². The van der Waals surface area contributed by atoms with Gasteiger partial charge in [0.2, 0.25) is 0 Å². The lowest BCUT2D eigenvalue weighted by molar-refractivity contribution is -0.123. The zero-order chi connectivity index (χ0) is 20.1. The summed E-state index contributed by atoms with van der Waals surface area (Å²) in [5, 5.41) is 5.25. The standard InChI is InChI=1S/C24H26N2O3/c1-18(19-6-9-22(10-7-19)26-12-14-28-15-13-26)25-24(27)17-29-23-11-8-20-4-2-3-5-21(20)16-23/h2-11,16,18H,12-15,17H2,1H3,(H,25,27). The molecule has 0 aromatic heterocycles. The first-order chi connectivity index (χ1) is 14.2. The quantitative estimate of drug-likeness (QED) is 0.693. The first-order valence-corrected chi connectivity index (χ1v) is 10.0. The minimum absolute atomic E-state index is 0.00542. The summed E-state index contributed by atoms with van der Waals surface area (Å²) in [6.07, 6.45) is 0. The second kappa shape index (κ2) is 8.97. The van der Waals surface area contributed by atoms with Gasteiger partial charge in [-0.15, -0.1) is 0 Å². The molecule has 150 valence electrons. The average molecular weight is 390 g/mol. The summed E-state index contributed by atoms with van der Waals surface area (Å²) < 4.78 is 11.1. The van der Waals surface area contributed by atoms with E-state index in [1.807, 2.05) is 43.3 Å². The fourth-order valence-corrected chi connectivity index (χ4v) is 3.57. The van der Waals surface area contributed by atoms with E-state index in [0.717, 1.165) is 42.6 Å². The molecule has 0 radical (unpaired) electrons. The molecule has 0 saturated carbocycles. The van der Waals surface area contributed by atoms with Gasteiger partial charge in [-0.3, -0.25) is 4.79 Å². The summed E-state index contributed by atoms with van der Waals surface area (Å²) in [7, 11) is 0. The second-order valence-electron chi connectivity index (χ2n) is 7.28. The number of benzene rings is 3. The van der Waals surface area contributed by atoms with Gasteiger partial charge in [0, 0.05) is 18.8 Å². The third-order valence-electron chi connectivity index (χ3n) is 5.24. The topological polar surface area (TPSA) is 50.8 Å². The van der Waals surface area contributed by atoms with Crippen LogP contribution in [0.25, 0.3) is 10.8 Å². The molecule has 5 nitrogen and oxygen atoms in total. The van der Waals surface area contributed by atoms with Crippen LogP contribution in [0.4, 0.5) is 5.69 Å². The molecule has 1 fully saturated rings. The SMILES string of the molecule is CC(NC(=O)COc1ccc2ccccc2c1)c1ccc(N2CCOCC2)cc1. The van der Waals surface area contributed by atoms with Crippen molar-refractivity contribution in [3.63, 3.8) is 0 Å². The Bertz CT molecular complexity index is 965. The van der Waals surface area contributed by atoms with Gasteiger partial charge in [-0.2, -0.15) is 0 Å². The molecule has 29 heavy (non-hydrogen) atoms. The third-order valence-corrected chi connectivity index (χ3v) is 5.24. The first kappa shape index (κ1) is 19.3. The maximum Gasteiger partial charge on any atom is 0.258 e. The highest BCUT2D eigenvalue weighted by molar-refractivity contribution is 5.84. The number of hydrogen-bond acceptors (Lipinski definition) is 4. The molecule has 1 aliphatic rings. The highest BCUT2D eigenvalue weighted by Crippen LogP contribution is 2.22. The maximum absolute atomic E-state index is 12.3. The van der Waals surface area contributed by atoms with Crippen molar-refractivity contribution >= 4 is 22.4 Å². The number of anilines is 1. The Morgan fingerprint density at radius 3 is 2.52 bits per heavy atom. The molecule has 1 N–H and O–H groups in total. The summed E-state index contributed by atoms with van der Waals surface area (Å²) in [5.41, 5.74) is 2.26. The molecule has 1 amide bonds. The van der Waals surface area contributed by atoms with E-state index in [1.54, 1.807) is 0 Å². The molecular formula is C24H26N2O3. The van der Waals surface area contributed by atoms with E-state index >= 15 is 0 Å². The van der Waals surface area contributed by atoms with E-state index in [-0.39, 0.29) is 18.6 Å². The van der Waals surface area contributed by atoms with Crippen LogP contribution in [0.3, 0.4) is 0 Å². The number of carbonyl (C=O) groups is 1. The number of fused-ring (bicyclic) bond motifs is 1. The van der Waals surface area contributed by atoms with Crippen LogP contribution >= 0.6 is 0 Å². The van der Waals surface area contributed by atoms with E-state index in [2.05, 4.69) is 40.5 Å². The Labute approximate surface area is 171 Å². The number of ether oxygens (including phenoxy) is 2.